The average molecular weight is 245 g/mol. The third-order valence-electron chi connectivity index (χ3n) is 2.28. The van der Waals surface area contributed by atoms with Gasteiger partial charge in [0, 0.05) is 17.4 Å². The first-order valence-electron chi connectivity index (χ1n) is 5.19. The highest BCUT2D eigenvalue weighted by Crippen LogP contribution is 2.20. The molecule has 0 saturated heterocycles. The lowest BCUT2D eigenvalue weighted by molar-refractivity contribution is 0.584. The summed E-state index contributed by atoms with van der Waals surface area (Å²) in [6, 6.07) is 8.29. The molecule has 2 rings (SSSR count). The molecule has 0 aliphatic heterocycles. The number of aryl methyl sites for hydroxylation is 1. The minimum atomic E-state index is -0.691. The zero-order chi connectivity index (χ0) is 13.1. The number of pyridine rings is 1. The van der Waals surface area contributed by atoms with Crippen molar-refractivity contribution in [3.05, 3.63) is 53.2 Å². The molecular weight excluding hydrogens is 236 g/mol. The van der Waals surface area contributed by atoms with Crippen molar-refractivity contribution in [3.63, 3.8) is 0 Å². The van der Waals surface area contributed by atoms with Gasteiger partial charge in [-0.3, -0.25) is 0 Å². The molecule has 18 heavy (non-hydrogen) atoms. The highest BCUT2D eigenvalue weighted by atomic mass is 19.1. The number of anilines is 2. The van der Waals surface area contributed by atoms with E-state index in [1.54, 1.807) is 19.1 Å². The van der Waals surface area contributed by atoms with Gasteiger partial charge in [0.1, 0.15) is 23.5 Å². The molecular formula is C13H9F2N3. The Kier molecular flexibility index (Phi) is 3.20. The molecule has 0 radical (unpaired) electrons. The topological polar surface area (TPSA) is 48.7 Å². The number of nitriles is 1. The molecule has 1 aromatic heterocycles. The number of nitrogens with zero attached hydrogens (tertiary/aromatic N) is 2. The summed E-state index contributed by atoms with van der Waals surface area (Å²) in [5, 5.41) is 11.7. The van der Waals surface area contributed by atoms with Crippen molar-refractivity contribution in [2.45, 2.75) is 6.92 Å². The summed E-state index contributed by atoms with van der Waals surface area (Å²) in [6.45, 7) is 1.76. The number of hydrogen-bond acceptors (Lipinski definition) is 3. The van der Waals surface area contributed by atoms with Gasteiger partial charge < -0.3 is 5.32 Å². The van der Waals surface area contributed by atoms with Crippen LogP contribution in [0.1, 0.15) is 11.3 Å². The molecule has 1 heterocycles. The van der Waals surface area contributed by atoms with Crippen LogP contribution in [0.2, 0.25) is 0 Å². The van der Waals surface area contributed by atoms with Crippen LogP contribution < -0.4 is 5.32 Å². The van der Waals surface area contributed by atoms with Crippen LogP contribution in [-0.4, -0.2) is 4.98 Å². The summed E-state index contributed by atoms with van der Waals surface area (Å²) in [4.78, 5) is 4.12. The molecule has 1 N–H and O–H groups in total. The van der Waals surface area contributed by atoms with Crippen LogP contribution in [0, 0.1) is 29.9 Å². The molecule has 0 fully saturated rings. The maximum Gasteiger partial charge on any atom is 0.148 e. The van der Waals surface area contributed by atoms with Gasteiger partial charge in [-0.25, -0.2) is 13.8 Å². The van der Waals surface area contributed by atoms with Gasteiger partial charge in [-0.15, -0.1) is 0 Å². The molecule has 2 aromatic rings. The number of aromatic nitrogens is 1. The molecule has 0 saturated carbocycles. The van der Waals surface area contributed by atoms with Crippen LogP contribution in [0.15, 0.2) is 30.3 Å². The van der Waals surface area contributed by atoms with Crippen molar-refractivity contribution in [1.29, 1.82) is 5.26 Å². The van der Waals surface area contributed by atoms with Crippen LogP contribution in [0.5, 0.6) is 0 Å². The van der Waals surface area contributed by atoms with E-state index in [9.17, 15) is 8.78 Å². The van der Waals surface area contributed by atoms with Crippen LogP contribution in [0.3, 0.4) is 0 Å². The standard InChI is InChI=1S/C13H9F2N3/c1-8-2-3-9(7-16)13(17-8)18-12-5-10(14)4-11(15)6-12/h2-6H,1H3,(H,17,18). The largest absolute Gasteiger partial charge is 0.339 e. The smallest absolute Gasteiger partial charge is 0.148 e. The lowest BCUT2D eigenvalue weighted by atomic mass is 10.2. The van der Waals surface area contributed by atoms with E-state index in [1.807, 2.05) is 6.07 Å². The van der Waals surface area contributed by atoms with E-state index in [0.29, 0.717) is 11.3 Å². The van der Waals surface area contributed by atoms with Gasteiger partial charge in [-0.05, 0) is 31.2 Å². The predicted molar refractivity (Wildman–Crippen MR) is 63.3 cm³/mol. The molecule has 90 valence electrons. The zero-order valence-electron chi connectivity index (χ0n) is 9.54. The van der Waals surface area contributed by atoms with Crippen LogP contribution in [0.4, 0.5) is 20.3 Å². The van der Waals surface area contributed by atoms with Crippen molar-refractivity contribution in [3.8, 4) is 6.07 Å². The van der Waals surface area contributed by atoms with Gasteiger partial charge in [-0.1, -0.05) is 0 Å². The third kappa shape index (κ3) is 2.61. The van der Waals surface area contributed by atoms with Gasteiger partial charge in [-0.2, -0.15) is 5.26 Å². The maximum absolute atomic E-state index is 13.0. The summed E-state index contributed by atoms with van der Waals surface area (Å²) < 4.78 is 26.1. The molecule has 0 unspecified atom stereocenters. The quantitative estimate of drug-likeness (QED) is 0.883. The van der Waals surface area contributed by atoms with Crippen LogP contribution >= 0.6 is 0 Å². The fraction of sp³-hybridized carbons (Fsp3) is 0.0769. The van der Waals surface area contributed by atoms with E-state index in [2.05, 4.69) is 10.3 Å². The molecule has 1 aromatic carbocycles. The second-order valence-electron chi connectivity index (χ2n) is 3.74. The zero-order valence-corrected chi connectivity index (χ0v) is 9.54. The van der Waals surface area contributed by atoms with Gasteiger partial charge in [0.25, 0.3) is 0 Å². The molecule has 0 aliphatic carbocycles. The van der Waals surface area contributed by atoms with Gasteiger partial charge in [0.05, 0.1) is 5.56 Å². The monoisotopic (exact) mass is 245 g/mol. The normalized spacial score (nSPS) is 9.89. The van der Waals surface area contributed by atoms with Gasteiger partial charge >= 0.3 is 0 Å². The maximum atomic E-state index is 13.0. The number of hydrogen-bond donors (Lipinski definition) is 1. The van der Waals surface area contributed by atoms with E-state index in [1.165, 1.54) is 0 Å². The first-order valence-corrected chi connectivity index (χ1v) is 5.19. The van der Waals surface area contributed by atoms with E-state index >= 15 is 0 Å². The van der Waals surface area contributed by atoms with E-state index in [4.69, 9.17) is 5.26 Å². The number of benzene rings is 1. The van der Waals surface area contributed by atoms with Crippen molar-refractivity contribution in [1.82, 2.24) is 4.98 Å². The molecule has 3 nitrogen and oxygen atoms in total. The first-order chi connectivity index (χ1) is 8.58. The van der Waals surface area contributed by atoms with E-state index in [-0.39, 0.29) is 11.5 Å². The SMILES string of the molecule is Cc1ccc(C#N)c(Nc2cc(F)cc(F)c2)n1. The third-order valence-corrected chi connectivity index (χ3v) is 2.28. The van der Waals surface area contributed by atoms with Crippen LogP contribution in [-0.2, 0) is 0 Å². The predicted octanol–water partition coefficient (Wildman–Crippen LogP) is 3.28. The minimum absolute atomic E-state index is 0.210. The molecule has 0 spiro atoms. The summed E-state index contributed by atoms with van der Waals surface area (Å²) in [7, 11) is 0. The Labute approximate surface area is 103 Å². The number of nitrogens with one attached hydrogen (secondary N) is 1. The van der Waals surface area contributed by atoms with E-state index < -0.39 is 11.6 Å². The van der Waals surface area contributed by atoms with Crippen molar-refractivity contribution in [2.75, 3.05) is 5.32 Å². The average Bonchev–Trinajstić information content (AvgIpc) is 2.27. The Hall–Kier alpha value is -2.48. The Morgan fingerprint density at radius 3 is 2.44 bits per heavy atom. The first kappa shape index (κ1) is 12.0. The lowest BCUT2D eigenvalue weighted by Gasteiger charge is -2.08. The molecule has 0 amide bonds. The fourth-order valence-electron chi connectivity index (χ4n) is 1.50. The summed E-state index contributed by atoms with van der Waals surface area (Å²) >= 11 is 0. The molecule has 5 heteroatoms. The van der Waals surface area contributed by atoms with Crippen molar-refractivity contribution < 1.29 is 8.78 Å². The molecule has 0 atom stereocenters. The lowest BCUT2D eigenvalue weighted by Crippen LogP contribution is -1.99. The van der Waals surface area contributed by atoms with Crippen LogP contribution in [0.25, 0.3) is 0 Å². The Balaban J connectivity index is 2.39. The van der Waals surface area contributed by atoms with Gasteiger partial charge in [0.15, 0.2) is 0 Å². The summed E-state index contributed by atoms with van der Waals surface area (Å²) in [5.41, 5.74) is 1.22. The number of halogens is 2. The van der Waals surface area contributed by atoms with Crippen molar-refractivity contribution in [2.24, 2.45) is 0 Å². The van der Waals surface area contributed by atoms with E-state index in [0.717, 1.165) is 18.2 Å². The fourth-order valence-corrected chi connectivity index (χ4v) is 1.50. The highest BCUT2D eigenvalue weighted by Gasteiger charge is 2.06. The second kappa shape index (κ2) is 4.80. The van der Waals surface area contributed by atoms with Crippen molar-refractivity contribution >= 4 is 11.5 Å². The summed E-state index contributed by atoms with van der Waals surface area (Å²) in [5.74, 6) is -1.10. The Morgan fingerprint density at radius 1 is 1.17 bits per heavy atom. The number of rotatable bonds is 2. The summed E-state index contributed by atoms with van der Waals surface area (Å²) in [6.07, 6.45) is 0. The molecule has 0 aliphatic rings. The highest BCUT2D eigenvalue weighted by molar-refractivity contribution is 5.62. The van der Waals surface area contributed by atoms with Gasteiger partial charge in [0.2, 0.25) is 0 Å². The molecule has 0 bridgehead atoms. The minimum Gasteiger partial charge on any atom is -0.339 e. The Bertz CT molecular complexity index is 612. The Morgan fingerprint density at radius 2 is 1.83 bits per heavy atom. The second-order valence-corrected chi connectivity index (χ2v) is 3.74.